The van der Waals surface area contributed by atoms with Gasteiger partial charge in [-0.3, -0.25) is 7.74 Å². The van der Waals surface area contributed by atoms with E-state index in [4.69, 9.17) is 7.74 Å². The Morgan fingerprint density at radius 2 is 0.647 bits per heavy atom. The molecule has 0 aliphatic carbocycles. The van der Waals surface area contributed by atoms with E-state index in [1.54, 1.807) is 0 Å². The van der Waals surface area contributed by atoms with Crippen LogP contribution in [0.1, 0.15) is 0 Å². The summed E-state index contributed by atoms with van der Waals surface area (Å²) in [5.74, 6) is 0. The molecular weight excluding hydrogens is 609 g/mol. The molecule has 0 N–H and O–H groups in total. The highest BCUT2D eigenvalue weighted by Gasteiger charge is 2.90. The monoisotopic (exact) mass is 662 g/mol. The first kappa shape index (κ1) is 32.7. The van der Waals surface area contributed by atoms with Crippen LogP contribution in [0.4, 0.5) is 0 Å². The number of hydrogen-bond donors (Lipinski definition) is 0. The van der Waals surface area contributed by atoms with Gasteiger partial charge in [-0.15, -0.1) is 21.3 Å². The maximum atomic E-state index is 13.8. The van der Waals surface area contributed by atoms with Crippen LogP contribution in [0.15, 0.2) is 0 Å². The van der Waals surface area contributed by atoms with Crippen molar-refractivity contribution in [1.82, 2.24) is 0 Å². The zero-order valence-corrected chi connectivity index (χ0v) is 35.9. The van der Waals surface area contributed by atoms with Crippen molar-refractivity contribution < 1.29 is 12.0 Å². The van der Waals surface area contributed by atoms with E-state index in [0.717, 1.165) is 0 Å². The Bertz CT molecular complexity index is 698. The molecule has 0 aromatic carbocycles. The summed E-state index contributed by atoms with van der Waals surface area (Å²) in [6, 6.07) is 0. The van der Waals surface area contributed by atoms with Crippen molar-refractivity contribution in [2.24, 2.45) is 0 Å². The lowest BCUT2D eigenvalue weighted by atomic mass is 11.6. The molecule has 3 aliphatic rings. The molecule has 2 bridgehead atoms. The highest BCUT2D eigenvalue weighted by Crippen LogP contribution is 2.83. The number of fused-ring (bicyclic) bond motifs is 2. The quantitative estimate of drug-likeness (QED) is 0.243. The SMILES string of the molecule is C[Si](C)(C)C([Si](C)(C)C)([Si](C)(C)C)[Si]12OS(=O)O[Si](C([Si](C)(C)C)([Si](C)(C)C)[Si](C)(C)C)(S1)S2. The van der Waals surface area contributed by atoms with Crippen molar-refractivity contribution in [2.75, 3.05) is 0 Å². The zero-order valence-electron chi connectivity index (χ0n) is 25.4. The van der Waals surface area contributed by atoms with Gasteiger partial charge < -0.3 is 0 Å². The average Bonchev–Trinajstić information content (AvgIpc) is 2.34. The zero-order chi connectivity index (χ0) is 27.4. The Morgan fingerprint density at radius 3 is 0.794 bits per heavy atom. The van der Waals surface area contributed by atoms with E-state index in [1.165, 1.54) is 0 Å². The normalized spacial score (nSPS) is 30.2. The molecule has 0 radical (unpaired) electrons. The largest absolute Gasteiger partial charge is 0.331 e. The van der Waals surface area contributed by atoms with Gasteiger partial charge in [-0.05, 0) is 7.82 Å². The third kappa shape index (κ3) is 4.16. The Morgan fingerprint density at radius 1 is 0.471 bits per heavy atom. The molecule has 0 saturated carbocycles. The van der Waals surface area contributed by atoms with Crippen LogP contribution in [-0.4, -0.2) is 65.9 Å². The maximum Gasteiger partial charge on any atom is 0.331 e. The van der Waals surface area contributed by atoms with Crippen molar-refractivity contribution in [3.8, 4) is 0 Å². The van der Waals surface area contributed by atoms with Gasteiger partial charge in [0.1, 0.15) is 0 Å². The van der Waals surface area contributed by atoms with Gasteiger partial charge >= 0.3 is 13.2 Å². The van der Waals surface area contributed by atoms with Gasteiger partial charge in [0.05, 0.1) is 0 Å². The second kappa shape index (κ2) is 8.75. The molecule has 202 valence electrons. The van der Waals surface area contributed by atoms with Gasteiger partial charge in [0.2, 0.25) is 0 Å². The lowest BCUT2D eigenvalue weighted by molar-refractivity contribution is 0.464. The molecule has 14 heteroatoms. The standard InChI is InChI=1S/C20H54O3S3Si8/c1-27(2,3)19(28(4,5)6,29(7,8)9)33-22-26(21)23-34(24-33,25-33)20(30(10,11)12,31(13,14)15)32(16,17)18/h1-18H3. The molecule has 3 nitrogen and oxygen atoms in total. The van der Waals surface area contributed by atoms with Gasteiger partial charge in [0.15, 0.2) is 0 Å². The summed E-state index contributed by atoms with van der Waals surface area (Å²) in [6.07, 6.45) is 0. The fourth-order valence-corrected chi connectivity index (χ4v) is 177. The summed E-state index contributed by atoms with van der Waals surface area (Å²) < 4.78 is 28.1. The van der Waals surface area contributed by atoms with E-state index in [0.29, 0.717) is 7.82 Å². The Kier molecular flexibility index (Phi) is 8.42. The minimum Gasteiger partial charge on any atom is -0.291 e. The first-order valence-corrected chi connectivity index (χ1v) is 43.1. The van der Waals surface area contributed by atoms with Crippen LogP contribution in [0.5, 0.6) is 0 Å². The van der Waals surface area contributed by atoms with Gasteiger partial charge in [-0.2, -0.15) is 4.21 Å². The summed E-state index contributed by atoms with van der Waals surface area (Å²) in [5.41, 5.74) is 0. The Balaban J connectivity index is 3.00. The molecule has 0 unspecified atom stereocenters. The third-order valence-electron chi connectivity index (χ3n) is 8.56. The molecule has 3 fully saturated rings. The van der Waals surface area contributed by atoms with Gasteiger partial charge in [-0.25, -0.2) is 0 Å². The minimum absolute atomic E-state index is 0.301. The third-order valence-corrected chi connectivity index (χ3v) is 109. The first-order valence-electron chi connectivity index (χ1n) is 12.7. The van der Waals surface area contributed by atoms with Crippen molar-refractivity contribution in [2.45, 2.75) is 126 Å². The van der Waals surface area contributed by atoms with Gasteiger partial charge in [0, 0.05) is 48.4 Å². The molecule has 3 aliphatic heterocycles. The van der Waals surface area contributed by atoms with Crippen molar-refractivity contribution >= 4 is 94.4 Å². The summed E-state index contributed by atoms with van der Waals surface area (Å²) >= 11 is -1.59. The Hall–Kier alpha value is 2.51. The molecular formula is C20H54O3S3Si8. The lowest BCUT2D eigenvalue weighted by Gasteiger charge is -2.76. The smallest absolute Gasteiger partial charge is 0.291 e. The van der Waals surface area contributed by atoms with E-state index in [1.807, 2.05) is 0 Å². The van der Waals surface area contributed by atoms with Crippen LogP contribution >= 0.6 is 21.3 Å². The van der Waals surface area contributed by atoms with E-state index < -0.39 is 73.0 Å². The predicted molar refractivity (Wildman–Crippen MR) is 182 cm³/mol. The van der Waals surface area contributed by atoms with Crippen LogP contribution < -0.4 is 0 Å². The molecule has 0 spiro atoms. The molecule has 3 rings (SSSR count). The predicted octanol–water partition coefficient (Wildman–Crippen LogP) is 8.71. The fraction of sp³-hybridized carbons (Fsp3) is 1.00. The van der Waals surface area contributed by atoms with Crippen LogP contribution in [0.25, 0.3) is 0 Å². The summed E-state index contributed by atoms with van der Waals surface area (Å²) in [5, 5.41) is 0. The second-order valence-corrected chi connectivity index (χ2v) is 73.4. The number of rotatable bonds is 8. The summed E-state index contributed by atoms with van der Waals surface area (Å²) in [4.78, 5) is 0. The first-order chi connectivity index (χ1) is 14.5. The second-order valence-electron chi connectivity index (χ2n) is 16.7. The molecule has 0 aromatic heterocycles. The van der Waals surface area contributed by atoms with E-state index in [-0.39, 0.29) is 0 Å². The molecule has 3 saturated heterocycles. The van der Waals surface area contributed by atoms with E-state index in [9.17, 15) is 4.21 Å². The minimum atomic E-state index is -2.44. The topological polar surface area (TPSA) is 35.5 Å². The fourth-order valence-electron chi connectivity index (χ4n) is 10.6. The van der Waals surface area contributed by atoms with E-state index in [2.05, 4.69) is 139 Å². The summed E-state index contributed by atoms with van der Waals surface area (Å²) in [6.45, 7) is 42.1. The van der Waals surface area contributed by atoms with Crippen LogP contribution in [-0.2, 0) is 19.1 Å². The van der Waals surface area contributed by atoms with Crippen LogP contribution in [0.2, 0.25) is 126 Å². The lowest BCUT2D eigenvalue weighted by Crippen LogP contribution is -2.88. The maximum absolute atomic E-state index is 13.8. The van der Waals surface area contributed by atoms with E-state index >= 15 is 0 Å². The van der Waals surface area contributed by atoms with Crippen molar-refractivity contribution in [1.29, 1.82) is 0 Å². The van der Waals surface area contributed by atoms with Gasteiger partial charge in [-0.1, -0.05) is 118 Å². The highest BCUT2D eigenvalue weighted by molar-refractivity contribution is 8.98. The summed E-state index contributed by atoms with van der Waals surface area (Å²) in [7, 11) is -5.62. The van der Waals surface area contributed by atoms with Crippen LogP contribution in [0, 0.1) is 0 Å². The van der Waals surface area contributed by atoms with Gasteiger partial charge in [0.25, 0.3) is 11.4 Å². The van der Waals surface area contributed by atoms with Crippen LogP contribution in [0.3, 0.4) is 0 Å². The molecule has 0 aromatic rings. The molecule has 34 heavy (non-hydrogen) atoms. The molecule has 0 atom stereocenters. The van der Waals surface area contributed by atoms with Crippen molar-refractivity contribution in [3.63, 3.8) is 0 Å². The highest BCUT2D eigenvalue weighted by atomic mass is 32.9. The Labute approximate surface area is 230 Å². The molecule has 0 amide bonds. The van der Waals surface area contributed by atoms with Crippen molar-refractivity contribution in [3.05, 3.63) is 0 Å². The average molecular weight is 664 g/mol. The number of hydrogen-bond acceptors (Lipinski definition) is 5. The molecule has 3 heterocycles.